The first-order chi connectivity index (χ1) is 16.7. The fourth-order valence-electron chi connectivity index (χ4n) is 3.50. The standard InChI is InChI=1S/C26H29ClN2O4S2/c1-4-33-25-15-14-22(17-23(25)27)35(31,32)29-24(16-19-8-6-5-7-9-19)26(30)28-18(2)20-10-12-21(34-3)13-11-20/h5-15,17-18,24,29H,4,16H2,1-3H3,(H,28,30)/t18-,24+/m0/s1. The van der Waals surface area contributed by atoms with Crippen LogP contribution < -0.4 is 14.8 Å². The van der Waals surface area contributed by atoms with Crippen LogP contribution in [-0.4, -0.2) is 33.2 Å². The van der Waals surface area contributed by atoms with Gasteiger partial charge in [-0.3, -0.25) is 4.79 Å². The number of carbonyl (C=O) groups is 1. The maximum Gasteiger partial charge on any atom is 0.241 e. The molecule has 0 aliphatic rings. The van der Waals surface area contributed by atoms with Gasteiger partial charge < -0.3 is 10.1 Å². The molecule has 186 valence electrons. The zero-order chi connectivity index (χ0) is 25.4. The molecule has 6 nitrogen and oxygen atoms in total. The minimum atomic E-state index is -4.04. The van der Waals surface area contributed by atoms with Gasteiger partial charge in [-0.15, -0.1) is 11.8 Å². The number of carbonyl (C=O) groups excluding carboxylic acids is 1. The fourth-order valence-corrected chi connectivity index (χ4v) is 5.43. The van der Waals surface area contributed by atoms with Crippen LogP contribution in [0.3, 0.4) is 0 Å². The molecular formula is C26H29ClN2O4S2. The monoisotopic (exact) mass is 532 g/mol. The first-order valence-corrected chi connectivity index (χ1v) is 14.2. The molecule has 3 aromatic rings. The van der Waals surface area contributed by atoms with Crippen molar-refractivity contribution in [1.29, 1.82) is 0 Å². The van der Waals surface area contributed by atoms with Crippen LogP contribution in [0.4, 0.5) is 0 Å². The van der Waals surface area contributed by atoms with E-state index in [4.69, 9.17) is 16.3 Å². The number of benzene rings is 3. The Kier molecular flexibility index (Phi) is 9.63. The second-order valence-corrected chi connectivity index (χ2v) is 10.9. The van der Waals surface area contributed by atoms with E-state index in [0.29, 0.717) is 12.4 Å². The maximum atomic E-state index is 13.3. The van der Waals surface area contributed by atoms with Crippen LogP contribution in [0.2, 0.25) is 5.02 Å². The Labute approximate surface area is 216 Å². The number of nitrogens with one attached hydrogen (secondary N) is 2. The number of hydrogen-bond acceptors (Lipinski definition) is 5. The van der Waals surface area contributed by atoms with E-state index in [1.165, 1.54) is 18.2 Å². The van der Waals surface area contributed by atoms with E-state index in [0.717, 1.165) is 16.0 Å². The van der Waals surface area contributed by atoms with E-state index in [2.05, 4.69) is 10.0 Å². The molecule has 35 heavy (non-hydrogen) atoms. The van der Waals surface area contributed by atoms with Gasteiger partial charge in [0, 0.05) is 4.90 Å². The molecule has 3 rings (SSSR count). The van der Waals surface area contributed by atoms with Crippen LogP contribution in [0.15, 0.2) is 82.6 Å². The third-order valence-corrected chi connectivity index (χ3v) is 7.89. The van der Waals surface area contributed by atoms with Crippen molar-refractivity contribution in [3.63, 3.8) is 0 Å². The topological polar surface area (TPSA) is 84.5 Å². The average molecular weight is 533 g/mol. The Morgan fingerprint density at radius 2 is 1.74 bits per heavy atom. The predicted molar refractivity (Wildman–Crippen MR) is 142 cm³/mol. The summed E-state index contributed by atoms with van der Waals surface area (Å²) in [7, 11) is -4.04. The van der Waals surface area contributed by atoms with Gasteiger partial charge in [0.2, 0.25) is 15.9 Å². The van der Waals surface area contributed by atoms with Crippen molar-refractivity contribution in [2.24, 2.45) is 0 Å². The van der Waals surface area contributed by atoms with Gasteiger partial charge in [-0.25, -0.2) is 8.42 Å². The molecule has 0 saturated heterocycles. The van der Waals surface area contributed by atoms with Crippen LogP contribution in [0, 0.1) is 0 Å². The summed E-state index contributed by atoms with van der Waals surface area (Å²) in [6.45, 7) is 4.08. The number of hydrogen-bond donors (Lipinski definition) is 2. The van der Waals surface area contributed by atoms with Crippen molar-refractivity contribution >= 4 is 39.3 Å². The SMILES string of the molecule is CCOc1ccc(S(=O)(=O)N[C@H](Cc2ccccc2)C(=O)N[C@@H](C)c2ccc(SC)cc2)cc1Cl. The van der Waals surface area contributed by atoms with Gasteiger partial charge >= 0.3 is 0 Å². The number of ether oxygens (including phenoxy) is 1. The summed E-state index contributed by atoms with van der Waals surface area (Å²) in [5.74, 6) is -0.0242. The van der Waals surface area contributed by atoms with Gasteiger partial charge in [0.05, 0.1) is 22.6 Å². The van der Waals surface area contributed by atoms with Crippen LogP contribution in [0.1, 0.15) is 31.0 Å². The van der Waals surface area contributed by atoms with Crippen molar-refractivity contribution in [2.45, 2.75) is 42.1 Å². The quantitative estimate of drug-likeness (QED) is 0.330. The molecule has 0 fully saturated rings. The average Bonchev–Trinajstić information content (AvgIpc) is 2.85. The van der Waals surface area contributed by atoms with Crippen molar-refractivity contribution in [1.82, 2.24) is 10.0 Å². The highest BCUT2D eigenvalue weighted by molar-refractivity contribution is 7.98. The Bertz CT molecular complexity index is 1240. The third-order valence-electron chi connectivity index (χ3n) is 5.38. The van der Waals surface area contributed by atoms with Crippen molar-refractivity contribution < 1.29 is 17.9 Å². The summed E-state index contributed by atoms with van der Waals surface area (Å²) < 4.78 is 34.3. The molecule has 0 heterocycles. The smallest absolute Gasteiger partial charge is 0.241 e. The Balaban J connectivity index is 1.83. The first kappa shape index (κ1) is 27.1. The highest BCUT2D eigenvalue weighted by atomic mass is 35.5. The number of thioether (sulfide) groups is 1. The molecule has 0 radical (unpaired) electrons. The minimum absolute atomic E-state index is 0.0440. The Morgan fingerprint density at radius 3 is 2.34 bits per heavy atom. The van der Waals surface area contributed by atoms with Gasteiger partial charge in [-0.2, -0.15) is 4.72 Å². The summed E-state index contributed by atoms with van der Waals surface area (Å²) in [5, 5.41) is 3.13. The first-order valence-electron chi connectivity index (χ1n) is 11.2. The molecule has 3 aromatic carbocycles. The molecule has 0 aliphatic carbocycles. The Hall–Kier alpha value is -2.52. The highest BCUT2D eigenvalue weighted by Gasteiger charge is 2.27. The molecule has 1 amide bonds. The van der Waals surface area contributed by atoms with Gasteiger partial charge in [0.1, 0.15) is 11.8 Å². The highest BCUT2D eigenvalue weighted by Crippen LogP contribution is 2.27. The zero-order valence-corrected chi connectivity index (χ0v) is 22.2. The van der Waals surface area contributed by atoms with Crippen molar-refractivity contribution in [3.8, 4) is 5.75 Å². The van der Waals surface area contributed by atoms with E-state index in [1.807, 2.05) is 74.7 Å². The lowest BCUT2D eigenvalue weighted by Crippen LogP contribution is -2.48. The third kappa shape index (κ3) is 7.48. The van der Waals surface area contributed by atoms with Crippen LogP contribution in [0.5, 0.6) is 5.75 Å². The normalized spacial score (nSPS) is 13.1. The number of rotatable bonds is 11. The fraction of sp³-hybridized carbons (Fsp3) is 0.269. The van der Waals surface area contributed by atoms with Crippen LogP contribution >= 0.6 is 23.4 Å². The Morgan fingerprint density at radius 1 is 1.06 bits per heavy atom. The molecular weight excluding hydrogens is 504 g/mol. The second kappa shape index (κ2) is 12.4. The summed E-state index contributed by atoms with van der Waals surface area (Å²) in [4.78, 5) is 14.4. The van der Waals surface area contributed by atoms with E-state index < -0.39 is 22.0 Å². The largest absolute Gasteiger partial charge is 0.492 e. The van der Waals surface area contributed by atoms with E-state index >= 15 is 0 Å². The number of halogens is 1. The van der Waals surface area contributed by atoms with E-state index in [9.17, 15) is 13.2 Å². The molecule has 0 aromatic heterocycles. The number of sulfonamides is 1. The number of amides is 1. The molecule has 2 atom stereocenters. The molecule has 2 N–H and O–H groups in total. The van der Waals surface area contributed by atoms with Gasteiger partial charge in [-0.1, -0.05) is 54.1 Å². The van der Waals surface area contributed by atoms with Crippen LogP contribution in [-0.2, 0) is 21.2 Å². The van der Waals surface area contributed by atoms with Crippen LogP contribution in [0.25, 0.3) is 0 Å². The summed E-state index contributed by atoms with van der Waals surface area (Å²) in [6.07, 6.45) is 2.19. The zero-order valence-electron chi connectivity index (χ0n) is 19.8. The molecule has 0 spiro atoms. The van der Waals surface area contributed by atoms with Crippen molar-refractivity contribution in [3.05, 3.63) is 88.9 Å². The summed E-state index contributed by atoms with van der Waals surface area (Å²) in [5.41, 5.74) is 1.76. The summed E-state index contributed by atoms with van der Waals surface area (Å²) in [6, 6.07) is 20.1. The summed E-state index contributed by atoms with van der Waals surface area (Å²) >= 11 is 7.84. The molecule has 0 unspecified atom stereocenters. The molecule has 9 heteroatoms. The minimum Gasteiger partial charge on any atom is -0.492 e. The van der Waals surface area contributed by atoms with Crippen molar-refractivity contribution in [2.75, 3.05) is 12.9 Å². The lowest BCUT2D eigenvalue weighted by atomic mass is 10.0. The lowest BCUT2D eigenvalue weighted by molar-refractivity contribution is -0.123. The van der Waals surface area contributed by atoms with E-state index in [1.54, 1.807) is 11.8 Å². The predicted octanol–water partition coefficient (Wildman–Crippen LogP) is 5.23. The molecule has 0 bridgehead atoms. The van der Waals surface area contributed by atoms with E-state index in [-0.39, 0.29) is 22.4 Å². The van der Waals surface area contributed by atoms with Gasteiger partial charge in [-0.05, 0) is 68.0 Å². The second-order valence-electron chi connectivity index (χ2n) is 7.89. The lowest BCUT2D eigenvalue weighted by Gasteiger charge is -2.22. The van der Waals surface area contributed by atoms with Gasteiger partial charge in [0.15, 0.2) is 0 Å². The molecule has 0 saturated carbocycles. The molecule has 0 aliphatic heterocycles. The maximum absolute atomic E-state index is 13.3. The van der Waals surface area contributed by atoms with Gasteiger partial charge in [0.25, 0.3) is 0 Å².